The molecule has 0 aromatic heterocycles. The van der Waals surface area contributed by atoms with E-state index >= 15 is 0 Å². The zero-order chi connectivity index (χ0) is 20.0. The Morgan fingerprint density at radius 2 is 1.71 bits per heavy atom. The average molecular weight is 403 g/mol. The zero-order valence-corrected chi connectivity index (χ0v) is 16.9. The van der Waals surface area contributed by atoms with Crippen molar-refractivity contribution in [1.82, 2.24) is 9.21 Å². The Kier molecular flexibility index (Phi) is 6.70. The van der Waals surface area contributed by atoms with Crippen LogP contribution in [0.15, 0.2) is 59.5 Å². The van der Waals surface area contributed by atoms with Crippen LogP contribution < -0.4 is 4.74 Å². The zero-order valence-electron chi connectivity index (χ0n) is 16.1. The van der Waals surface area contributed by atoms with Crippen molar-refractivity contribution < 1.29 is 17.9 Å². The van der Waals surface area contributed by atoms with Gasteiger partial charge in [-0.05, 0) is 43.2 Å². The van der Waals surface area contributed by atoms with Crippen LogP contribution in [0, 0.1) is 6.92 Å². The predicted molar refractivity (Wildman–Crippen MR) is 108 cm³/mol. The molecule has 1 aliphatic rings. The minimum Gasteiger partial charge on any atom is -0.494 e. The number of carbonyl (C=O) groups excluding carboxylic acids is 1. The lowest BCUT2D eigenvalue weighted by atomic mass is 10.2. The molecule has 0 spiro atoms. The monoisotopic (exact) mass is 402 g/mol. The van der Waals surface area contributed by atoms with Gasteiger partial charge in [0.15, 0.2) is 0 Å². The quantitative estimate of drug-likeness (QED) is 0.668. The van der Waals surface area contributed by atoms with E-state index in [0.717, 1.165) is 11.3 Å². The molecule has 0 saturated carbocycles. The number of ether oxygens (including phenoxy) is 1. The second-order valence-electron chi connectivity index (χ2n) is 6.87. The molecule has 2 aromatic carbocycles. The van der Waals surface area contributed by atoms with Crippen LogP contribution in [0.2, 0.25) is 0 Å². The van der Waals surface area contributed by atoms with Crippen LogP contribution in [0.3, 0.4) is 0 Å². The third kappa shape index (κ3) is 5.11. The summed E-state index contributed by atoms with van der Waals surface area (Å²) in [5, 5.41) is 0. The van der Waals surface area contributed by atoms with Gasteiger partial charge in [-0.25, -0.2) is 8.42 Å². The molecule has 6 nitrogen and oxygen atoms in total. The standard InChI is InChI=1S/C21H26N2O4S/c1-18-7-5-8-19(17-18)27-16-6-11-21(24)22-12-14-23(15-13-22)28(25,26)20-9-3-2-4-10-20/h2-5,7-10,17H,6,11-16H2,1H3. The molecule has 2 aromatic rings. The fourth-order valence-electron chi connectivity index (χ4n) is 3.20. The summed E-state index contributed by atoms with van der Waals surface area (Å²) in [6, 6.07) is 16.2. The van der Waals surface area contributed by atoms with E-state index in [1.807, 2.05) is 31.2 Å². The number of rotatable bonds is 7. The van der Waals surface area contributed by atoms with Crippen molar-refractivity contribution in [3.63, 3.8) is 0 Å². The smallest absolute Gasteiger partial charge is 0.243 e. The number of benzene rings is 2. The van der Waals surface area contributed by atoms with Gasteiger partial charge in [-0.2, -0.15) is 4.31 Å². The minimum absolute atomic E-state index is 0.0459. The Labute approximate surface area is 166 Å². The van der Waals surface area contributed by atoms with Gasteiger partial charge in [0.2, 0.25) is 15.9 Å². The summed E-state index contributed by atoms with van der Waals surface area (Å²) in [7, 11) is -3.49. The highest BCUT2D eigenvalue weighted by molar-refractivity contribution is 7.89. The molecule has 1 heterocycles. The highest BCUT2D eigenvalue weighted by Crippen LogP contribution is 2.18. The summed E-state index contributed by atoms with van der Waals surface area (Å²) < 4.78 is 32.4. The molecule has 0 atom stereocenters. The molecule has 28 heavy (non-hydrogen) atoms. The Balaban J connectivity index is 1.42. The van der Waals surface area contributed by atoms with Crippen LogP contribution in [-0.4, -0.2) is 56.3 Å². The SMILES string of the molecule is Cc1cccc(OCCCC(=O)N2CCN(S(=O)(=O)c3ccccc3)CC2)c1. The number of hydrogen-bond donors (Lipinski definition) is 0. The first kappa shape index (κ1) is 20.4. The van der Waals surface area contributed by atoms with Crippen LogP contribution in [0.5, 0.6) is 5.75 Å². The summed E-state index contributed by atoms with van der Waals surface area (Å²) in [4.78, 5) is 14.4. The number of sulfonamides is 1. The van der Waals surface area contributed by atoms with Gasteiger partial charge in [-0.15, -0.1) is 0 Å². The van der Waals surface area contributed by atoms with Gasteiger partial charge >= 0.3 is 0 Å². The summed E-state index contributed by atoms with van der Waals surface area (Å²) in [5.74, 6) is 0.858. The fraction of sp³-hybridized carbons (Fsp3) is 0.381. The molecule has 0 unspecified atom stereocenters. The van der Waals surface area contributed by atoms with Crippen LogP contribution in [0.25, 0.3) is 0 Å². The number of aryl methyl sites for hydroxylation is 1. The number of hydrogen-bond acceptors (Lipinski definition) is 4. The Hall–Kier alpha value is -2.38. The molecule has 0 radical (unpaired) electrons. The number of carbonyl (C=O) groups is 1. The van der Waals surface area contributed by atoms with E-state index < -0.39 is 10.0 Å². The third-order valence-electron chi connectivity index (χ3n) is 4.77. The third-order valence-corrected chi connectivity index (χ3v) is 6.68. The molecular weight excluding hydrogens is 376 g/mol. The average Bonchev–Trinajstić information content (AvgIpc) is 2.72. The van der Waals surface area contributed by atoms with Crippen molar-refractivity contribution in [1.29, 1.82) is 0 Å². The summed E-state index contributed by atoms with van der Waals surface area (Å²) in [5.41, 5.74) is 1.14. The van der Waals surface area contributed by atoms with Gasteiger partial charge in [0.1, 0.15) is 5.75 Å². The van der Waals surface area contributed by atoms with Gasteiger partial charge in [-0.1, -0.05) is 30.3 Å². The maximum atomic E-state index is 12.6. The van der Waals surface area contributed by atoms with E-state index in [-0.39, 0.29) is 5.91 Å². The molecule has 1 aliphatic heterocycles. The molecule has 0 aliphatic carbocycles. The van der Waals surface area contributed by atoms with Gasteiger partial charge in [0, 0.05) is 32.6 Å². The molecule has 150 valence electrons. The van der Waals surface area contributed by atoms with Gasteiger partial charge in [0.05, 0.1) is 11.5 Å². The van der Waals surface area contributed by atoms with Crippen LogP contribution in [0.1, 0.15) is 18.4 Å². The Morgan fingerprint density at radius 3 is 2.39 bits per heavy atom. The summed E-state index contributed by atoms with van der Waals surface area (Å²) in [6.07, 6.45) is 1.03. The van der Waals surface area contributed by atoms with Crippen molar-refractivity contribution in [2.45, 2.75) is 24.7 Å². The topological polar surface area (TPSA) is 66.9 Å². The van der Waals surface area contributed by atoms with Crippen LogP contribution >= 0.6 is 0 Å². The lowest BCUT2D eigenvalue weighted by Crippen LogP contribution is -2.50. The highest BCUT2D eigenvalue weighted by Gasteiger charge is 2.29. The molecule has 0 bridgehead atoms. The van der Waals surface area contributed by atoms with E-state index in [1.165, 1.54) is 4.31 Å². The van der Waals surface area contributed by atoms with Gasteiger partial charge in [-0.3, -0.25) is 4.79 Å². The van der Waals surface area contributed by atoms with E-state index in [2.05, 4.69) is 0 Å². The maximum Gasteiger partial charge on any atom is 0.243 e. The number of nitrogens with zero attached hydrogens (tertiary/aromatic N) is 2. The largest absolute Gasteiger partial charge is 0.494 e. The molecule has 0 N–H and O–H groups in total. The van der Waals surface area contributed by atoms with Gasteiger partial charge in [0.25, 0.3) is 0 Å². The van der Waals surface area contributed by atoms with E-state index in [9.17, 15) is 13.2 Å². The Bertz CT molecular complexity index is 892. The van der Waals surface area contributed by atoms with Gasteiger partial charge < -0.3 is 9.64 Å². The van der Waals surface area contributed by atoms with Crippen molar-refractivity contribution in [2.24, 2.45) is 0 Å². The molecule has 1 saturated heterocycles. The minimum atomic E-state index is -3.49. The fourth-order valence-corrected chi connectivity index (χ4v) is 4.64. The molecule has 1 amide bonds. The lowest BCUT2D eigenvalue weighted by Gasteiger charge is -2.34. The lowest BCUT2D eigenvalue weighted by molar-refractivity contribution is -0.132. The molecule has 1 fully saturated rings. The molecule has 7 heteroatoms. The molecular formula is C21H26N2O4S. The summed E-state index contributed by atoms with van der Waals surface area (Å²) in [6.45, 7) is 3.98. The predicted octanol–water partition coefficient (Wildman–Crippen LogP) is 2.69. The second-order valence-corrected chi connectivity index (χ2v) is 8.80. The highest BCUT2D eigenvalue weighted by atomic mass is 32.2. The van der Waals surface area contributed by atoms with E-state index in [0.29, 0.717) is 50.5 Å². The normalized spacial score (nSPS) is 15.4. The Morgan fingerprint density at radius 1 is 1.00 bits per heavy atom. The van der Waals surface area contributed by atoms with Crippen molar-refractivity contribution in [2.75, 3.05) is 32.8 Å². The maximum absolute atomic E-state index is 12.6. The van der Waals surface area contributed by atoms with Crippen LogP contribution in [-0.2, 0) is 14.8 Å². The van der Waals surface area contributed by atoms with Crippen molar-refractivity contribution >= 4 is 15.9 Å². The first-order chi connectivity index (χ1) is 13.5. The summed E-state index contributed by atoms with van der Waals surface area (Å²) >= 11 is 0. The first-order valence-electron chi connectivity index (χ1n) is 9.49. The van der Waals surface area contributed by atoms with E-state index in [4.69, 9.17) is 4.74 Å². The second kappa shape index (κ2) is 9.21. The first-order valence-corrected chi connectivity index (χ1v) is 10.9. The van der Waals surface area contributed by atoms with Crippen molar-refractivity contribution in [3.8, 4) is 5.75 Å². The van der Waals surface area contributed by atoms with Crippen molar-refractivity contribution in [3.05, 3.63) is 60.2 Å². The number of piperazine rings is 1. The van der Waals surface area contributed by atoms with E-state index in [1.54, 1.807) is 35.2 Å². The number of amides is 1. The molecule has 3 rings (SSSR count). The van der Waals surface area contributed by atoms with Crippen LogP contribution in [0.4, 0.5) is 0 Å².